The summed E-state index contributed by atoms with van der Waals surface area (Å²) in [7, 11) is 1.77. The van der Waals surface area contributed by atoms with Gasteiger partial charge < -0.3 is 20.6 Å². The molecule has 1 aromatic rings. The van der Waals surface area contributed by atoms with E-state index in [1.54, 1.807) is 7.05 Å². The molecule has 3 N–H and O–H groups in total. The fourth-order valence-electron chi connectivity index (χ4n) is 1.56. The van der Waals surface area contributed by atoms with Crippen molar-refractivity contribution < 1.29 is 5.11 Å². The number of hydrogen-bond acceptors (Lipinski definition) is 7. The molecule has 0 fully saturated rings. The van der Waals surface area contributed by atoms with Gasteiger partial charge in [-0.05, 0) is 20.3 Å². The maximum absolute atomic E-state index is 9.56. The highest BCUT2D eigenvalue weighted by Gasteiger charge is 2.11. The van der Waals surface area contributed by atoms with E-state index < -0.39 is 6.10 Å². The van der Waals surface area contributed by atoms with Gasteiger partial charge >= 0.3 is 0 Å². The lowest BCUT2D eigenvalue weighted by molar-refractivity contribution is 0.183. The predicted octanol–water partition coefficient (Wildman–Crippen LogP) is 0.942. The molecule has 1 rings (SSSR count). The lowest BCUT2D eigenvalue weighted by Gasteiger charge is -2.19. The van der Waals surface area contributed by atoms with E-state index in [4.69, 9.17) is 0 Å². The van der Waals surface area contributed by atoms with Crippen molar-refractivity contribution in [2.24, 2.45) is 0 Å². The largest absolute Gasteiger partial charge is 0.391 e. The Labute approximate surface area is 114 Å². The Morgan fingerprint density at radius 1 is 1.11 bits per heavy atom. The van der Waals surface area contributed by atoms with Crippen molar-refractivity contribution >= 4 is 17.8 Å². The van der Waals surface area contributed by atoms with Crippen LogP contribution in [0.15, 0.2) is 0 Å². The summed E-state index contributed by atoms with van der Waals surface area (Å²) in [4.78, 5) is 15.0. The molecule has 7 heteroatoms. The van der Waals surface area contributed by atoms with Gasteiger partial charge in [0.2, 0.25) is 17.8 Å². The monoisotopic (exact) mass is 268 g/mol. The summed E-state index contributed by atoms with van der Waals surface area (Å²) in [5.41, 5.74) is 0. The second kappa shape index (κ2) is 7.73. The molecule has 0 aliphatic rings. The van der Waals surface area contributed by atoms with Gasteiger partial charge in [0, 0.05) is 26.7 Å². The summed E-state index contributed by atoms with van der Waals surface area (Å²) in [6, 6.07) is 0. The summed E-state index contributed by atoms with van der Waals surface area (Å²) in [6.45, 7) is 8.14. The minimum atomic E-state index is -0.397. The fourth-order valence-corrected chi connectivity index (χ4v) is 1.56. The van der Waals surface area contributed by atoms with Crippen molar-refractivity contribution in [3.63, 3.8) is 0 Å². The third kappa shape index (κ3) is 4.51. The lowest BCUT2D eigenvalue weighted by Crippen LogP contribution is -2.26. The first-order valence-corrected chi connectivity index (χ1v) is 6.75. The van der Waals surface area contributed by atoms with Crippen molar-refractivity contribution in [3.05, 3.63) is 0 Å². The van der Waals surface area contributed by atoms with Crippen molar-refractivity contribution in [1.29, 1.82) is 0 Å². The molecule has 0 aromatic carbocycles. The van der Waals surface area contributed by atoms with Gasteiger partial charge in [0.25, 0.3) is 0 Å². The maximum Gasteiger partial charge on any atom is 0.231 e. The molecule has 1 heterocycles. The first kappa shape index (κ1) is 15.4. The smallest absolute Gasteiger partial charge is 0.231 e. The van der Waals surface area contributed by atoms with Crippen LogP contribution < -0.4 is 15.5 Å². The van der Waals surface area contributed by atoms with Gasteiger partial charge in [-0.25, -0.2) is 0 Å². The lowest BCUT2D eigenvalue weighted by atomic mass is 10.3. The summed E-state index contributed by atoms with van der Waals surface area (Å²) in [5.74, 6) is 1.64. The number of rotatable bonds is 8. The molecule has 0 saturated carbocycles. The molecule has 108 valence electrons. The van der Waals surface area contributed by atoms with E-state index in [1.165, 1.54) is 0 Å². The average Bonchev–Trinajstić information content (AvgIpc) is 2.45. The molecule has 1 unspecified atom stereocenters. The Balaban J connectivity index is 2.88. The van der Waals surface area contributed by atoms with Crippen molar-refractivity contribution in [2.75, 3.05) is 42.2 Å². The minimum Gasteiger partial charge on any atom is -0.391 e. The van der Waals surface area contributed by atoms with E-state index in [-0.39, 0.29) is 0 Å². The van der Waals surface area contributed by atoms with Crippen molar-refractivity contribution in [2.45, 2.75) is 33.3 Å². The molecule has 19 heavy (non-hydrogen) atoms. The van der Waals surface area contributed by atoms with Crippen LogP contribution in [0.2, 0.25) is 0 Å². The van der Waals surface area contributed by atoms with E-state index >= 15 is 0 Å². The number of aromatic nitrogens is 3. The number of aliphatic hydroxyl groups excluding tert-OH is 1. The molecule has 0 spiro atoms. The van der Waals surface area contributed by atoms with Gasteiger partial charge in [0.05, 0.1) is 6.10 Å². The maximum atomic E-state index is 9.56. The van der Waals surface area contributed by atoms with Crippen molar-refractivity contribution in [3.8, 4) is 0 Å². The fraction of sp³-hybridized carbons (Fsp3) is 0.750. The summed E-state index contributed by atoms with van der Waals surface area (Å²) >= 11 is 0. The molecule has 1 aromatic heterocycles. The molecule has 0 aliphatic heterocycles. The third-order valence-corrected chi connectivity index (χ3v) is 2.86. The van der Waals surface area contributed by atoms with E-state index in [0.29, 0.717) is 30.8 Å². The Morgan fingerprint density at radius 2 is 1.74 bits per heavy atom. The highest BCUT2D eigenvalue weighted by Crippen LogP contribution is 2.13. The third-order valence-electron chi connectivity index (χ3n) is 2.86. The van der Waals surface area contributed by atoms with Gasteiger partial charge in [0.1, 0.15) is 0 Å². The van der Waals surface area contributed by atoms with Gasteiger partial charge in [-0.2, -0.15) is 15.0 Å². The molecule has 0 aliphatic carbocycles. The molecule has 0 amide bonds. The standard InChI is InChI=1S/C12H24N6O/c1-5-9(19)8-14-11-15-10(13-4)16-12(17-11)18(6-2)7-3/h9,19H,5-8H2,1-4H3,(H2,13,14,15,16,17). The van der Waals surface area contributed by atoms with Crippen LogP contribution in [-0.2, 0) is 0 Å². The van der Waals surface area contributed by atoms with Crippen LogP contribution in [0, 0.1) is 0 Å². The van der Waals surface area contributed by atoms with E-state index in [2.05, 4.69) is 39.4 Å². The zero-order valence-electron chi connectivity index (χ0n) is 12.1. The Morgan fingerprint density at radius 3 is 2.26 bits per heavy atom. The zero-order chi connectivity index (χ0) is 14.3. The van der Waals surface area contributed by atoms with Crippen LogP contribution in [0.4, 0.5) is 17.8 Å². The number of hydrogen-bond donors (Lipinski definition) is 3. The Kier molecular flexibility index (Phi) is 6.27. The predicted molar refractivity (Wildman–Crippen MR) is 77.7 cm³/mol. The number of anilines is 3. The van der Waals surface area contributed by atoms with Crippen LogP contribution in [0.3, 0.4) is 0 Å². The van der Waals surface area contributed by atoms with E-state index in [9.17, 15) is 5.11 Å². The van der Waals surface area contributed by atoms with Gasteiger partial charge in [-0.3, -0.25) is 0 Å². The van der Waals surface area contributed by atoms with Crippen LogP contribution in [0.25, 0.3) is 0 Å². The highest BCUT2D eigenvalue weighted by atomic mass is 16.3. The second-order valence-corrected chi connectivity index (χ2v) is 4.15. The summed E-state index contributed by atoms with van der Waals surface area (Å²) in [6.07, 6.45) is 0.298. The zero-order valence-corrected chi connectivity index (χ0v) is 12.1. The molecule has 0 radical (unpaired) electrons. The SMILES string of the molecule is CCC(O)CNc1nc(NC)nc(N(CC)CC)n1. The van der Waals surface area contributed by atoms with Gasteiger partial charge in [-0.1, -0.05) is 6.92 Å². The molecule has 0 bridgehead atoms. The molecule has 0 saturated heterocycles. The minimum absolute atomic E-state index is 0.397. The van der Waals surface area contributed by atoms with Crippen LogP contribution in [0.1, 0.15) is 27.2 Å². The molecule has 1 atom stereocenters. The first-order chi connectivity index (χ1) is 9.14. The Hall–Kier alpha value is -1.63. The van der Waals surface area contributed by atoms with Crippen LogP contribution in [-0.4, -0.2) is 52.8 Å². The van der Waals surface area contributed by atoms with E-state index in [1.807, 2.05) is 11.8 Å². The van der Waals surface area contributed by atoms with Crippen LogP contribution >= 0.6 is 0 Å². The summed E-state index contributed by atoms with van der Waals surface area (Å²) < 4.78 is 0. The van der Waals surface area contributed by atoms with E-state index in [0.717, 1.165) is 13.1 Å². The first-order valence-electron chi connectivity index (χ1n) is 6.75. The molecular weight excluding hydrogens is 244 g/mol. The van der Waals surface area contributed by atoms with Crippen molar-refractivity contribution in [1.82, 2.24) is 15.0 Å². The Bertz CT molecular complexity index is 382. The molecule has 7 nitrogen and oxygen atoms in total. The van der Waals surface area contributed by atoms with Crippen LogP contribution in [0.5, 0.6) is 0 Å². The average molecular weight is 268 g/mol. The number of nitrogens with one attached hydrogen (secondary N) is 2. The topological polar surface area (TPSA) is 86.2 Å². The van der Waals surface area contributed by atoms with Gasteiger partial charge in [-0.15, -0.1) is 0 Å². The quantitative estimate of drug-likeness (QED) is 0.647. The number of aliphatic hydroxyl groups is 1. The summed E-state index contributed by atoms with van der Waals surface area (Å²) in [5, 5.41) is 15.5. The highest BCUT2D eigenvalue weighted by molar-refractivity contribution is 5.43. The number of nitrogens with zero attached hydrogens (tertiary/aromatic N) is 4. The van der Waals surface area contributed by atoms with Gasteiger partial charge in [0.15, 0.2) is 0 Å². The molecular formula is C12H24N6O. The normalized spacial score (nSPS) is 12.1. The second-order valence-electron chi connectivity index (χ2n) is 4.15.